The van der Waals surface area contributed by atoms with Gasteiger partial charge in [-0.2, -0.15) is 0 Å². The van der Waals surface area contributed by atoms with Gasteiger partial charge in [0.1, 0.15) is 0 Å². The first-order valence-corrected chi connectivity index (χ1v) is 4.87. The van der Waals surface area contributed by atoms with Gasteiger partial charge in [-0.3, -0.25) is 4.57 Å². The zero-order chi connectivity index (χ0) is 15.9. The molecule has 0 spiro atoms. The Morgan fingerprint density at radius 2 is 2.18 bits per heavy atom. The maximum atomic E-state index is 11.8. The molecule has 2 N–H and O–H groups in total. The Labute approximate surface area is 79.9 Å². The minimum Gasteiger partial charge on any atom is -0.333 e. The highest BCUT2D eigenvalue weighted by Crippen LogP contribution is 2.35. The first-order valence-electron chi connectivity index (χ1n) is 7.03. The Hall–Kier alpha value is 0.150. The Morgan fingerprint density at radius 1 is 1.55 bits per heavy atom. The van der Waals surface area contributed by atoms with Gasteiger partial charge in [-0.1, -0.05) is 20.2 Å². The lowest BCUT2D eigenvalue weighted by Gasteiger charge is -2.11. The van der Waals surface area contributed by atoms with Gasteiger partial charge in [-0.15, -0.1) is 0 Å². The van der Waals surface area contributed by atoms with Crippen LogP contribution in [-0.4, -0.2) is 17.6 Å². The van der Waals surface area contributed by atoms with Gasteiger partial charge < -0.3 is 4.89 Å². The zero-order valence-electron chi connectivity index (χ0n) is 14.5. The lowest BCUT2D eigenvalue weighted by molar-refractivity contribution is 0.460. The largest absolute Gasteiger partial charge is 0.333 e. The molecule has 1 unspecified atom stereocenters. The lowest BCUT2D eigenvalue weighted by atomic mass is 10.4. The van der Waals surface area contributed by atoms with Crippen LogP contribution in [0.15, 0.2) is 0 Å². The van der Waals surface area contributed by atoms with Crippen molar-refractivity contribution in [2.24, 2.45) is 0 Å². The first kappa shape index (κ1) is 3.49. The van der Waals surface area contributed by atoms with E-state index in [0.29, 0.717) is 0 Å². The zero-order valence-corrected chi connectivity index (χ0v) is 7.40. The van der Waals surface area contributed by atoms with Crippen LogP contribution in [0.2, 0.25) is 0 Å². The van der Waals surface area contributed by atoms with Crippen LogP contribution >= 0.6 is 7.52 Å². The van der Waals surface area contributed by atoms with Crippen molar-refractivity contribution < 1.29 is 20.4 Å². The minimum atomic E-state index is -4.61. The highest BCUT2D eigenvalue weighted by Gasteiger charge is 2.14. The highest BCUT2D eigenvalue weighted by molar-refractivity contribution is 7.55. The van der Waals surface area contributed by atoms with E-state index in [0.717, 1.165) is 13.8 Å². The first-order chi connectivity index (χ1) is 7.91. The second kappa shape index (κ2) is 5.76. The Balaban J connectivity index is 5.10. The van der Waals surface area contributed by atoms with Crippen molar-refractivity contribution in [1.82, 2.24) is 5.09 Å². The van der Waals surface area contributed by atoms with Crippen LogP contribution in [0.5, 0.6) is 0 Å². The number of rotatable bonds is 6. The summed E-state index contributed by atoms with van der Waals surface area (Å²) in [5, 5.41) is 1.56. The van der Waals surface area contributed by atoms with E-state index in [1.807, 2.05) is 0 Å². The van der Waals surface area contributed by atoms with E-state index in [1.165, 1.54) is 0 Å². The summed E-state index contributed by atoms with van der Waals surface area (Å²) in [5.74, 6) is 0. The van der Waals surface area contributed by atoms with Crippen LogP contribution in [-0.2, 0) is 4.57 Å². The van der Waals surface area contributed by atoms with E-state index in [2.05, 4.69) is 0 Å². The third-order valence-corrected chi connectivity index (χ3v) is 1.87. The SMILES string of the molecule is [2H]C([2H])(C)C([2H])([2H])CP(=O)(O)NC([2H])([2H])C([2H])([2H])C. The van der Waals surface area contributed by atoms with Crippen molar-refractivity contribution in [3.8, 4) is 0 Å². The molecule has 3 nitrogen and oxygen atoms in total. The van der Waals surface area contributed by atoms with Gasteiger partial charge in [-0.25, -0.2) is 5.09 Å². The van der Waals surface area contributed by atoms with Gasteiger partial charge in [0.15, 0.2) is 0 Å². The number of hydrogen-bond donors (Lipinski definition) is 2. The van der Waals surface area contributed by atoms with Crippen LogP contribution < -0.4 is 5.09 Å². The Bertz CT molecular complexity index is 342. The molecule has 0 amide bonds. The van der Waals surface area contributed by atoms with Crippen LogP contribution in [0.1, 0.15) is 43.9 Å². The average molecular weight is 187 g/mol. The molecule has 0 heterocycles. The molecular formula is C7H18NO2P. The van der Waals surface area contributed by atoms with Gasteiger partial charge >= 0.3 is 0 Å². The van der Waals surface area contributed by atoms with Crippen LogP contribution in [0, 0.1) is 0 Å². The van der Waals surface area contributed by atoms with E-state index >= 15 is 0 Å². The van der Waals surface area contributed by atoms with Crippen molar-refractivity contribution in [1.29, 1.82) is 0 Å². The summed E-state index contributed by atoms with van der Waals surface area (Å²) in [6.07, 6.45) is -8.70. The summed E-state index contributed by atoms with van der Waals surface area (Å²) in [7, 11) is -4.61. The summed E-state index contributed by atoms with van der Waals surface area (Å²) in [5.41, 5.74) is 0. The molecule has 0 aromatic carbocycles. The van der Waals surface area contributed by atoms with Gasteiger partial charge in [-0.05, 0) is 12.7 Å². The molecule has 68 valence electrons. The maximum Gasteiger partial charge on any atom is 0.267 e. The van der Waals surface area contributed by atoms with E-state index in [1.54, 1.807) is 5.09 Å². The quantitative estimate of drug-likeness (QED) is 0.625. The average Bonchev–Trinajstić information content (AvgIpc) is 1.93. The molecule has 0 aliphatic rings. The molecule has 0 aromatic heterocycles. The van der Waals surface area contributed by atoms with Crippen LogP contribution in [0.4, 0.5) is 0 Å². The molecule has 0 saturated carbocycles. The molecule has 0 aliphatic heterocycles. The predicted molar refractivity (Wildman–Crippen MR) is 47.9 cm³/mol. The molecule has 11 heavy (non-hydrogen) atoms. The molecule has 0 fully saturated rings. The van der Waals surface area contributed by atoms with Crippen LogP contribution in [0.3, 0.4) is 0 Å². The van der Waals surface area contributed by atoms with E-state index in [-0.39, 0.29) is 0 Å². The number of nitrogens with one attached hydrogen (secondary N) is 1. The second-order valence-electron chi connectivity index (χ2n) is 1.77. The molecule has 0 rings (SSSR count). The molecule has 0 saturated heterocycles. The van der Waals surface area contributed by atoms with E-state index in [4.69, 9.17) is 11.0 Å². The molecule has 0 bridgehead atoms. The van der Waals surface area contributed by atoms with Crippen molar-refractivity contribution in [3.63, 3.8) is 0 Å². The normalized spacial score (nSPS) is 32.3. The Morgan fingerprint density at radius 3 is 2.64 bits per heavy atom. The van der Waals surface area contributed by atoms with Crippen molar-refractivity contribution in [2.75, 3.05) is 12.7 Å². The monoisotopic (exact) mass is 187 g/mol. The molecule has 4 heteroatoms. The predicted octanol–water partition coefficient (Wildman–Crippen LogP) is 1.97. The fraction of sp³-hybridized carbons (Fsp3) is 1.00. The lowest BCUT2D eigenvalue weighted by Crippen LogP contribution is -2.13. The molecular weight excluding hydrogens is 161 g/mol. The minimum absolute atomic E-state index is 0.869. The fourth-order valence-electron chi connectivity index (χ4n) is 0.369. The topological polar surface area (TPSA) is 49.3 Å². The summed E-state index contributed by atoms with van der Waals surface area (Å²) in [6, 6.07) is 0. The number of hydrogen-bond acceptors (Lipinski definition) is 1. The van der Waals surface area contributed by atoms with Crippen molar-refractivity contribution in [3.05, 3.63) is 0 Å². The van der Waals surface area contributed by atoms with Gasteiger partial charge in [0.05, 0.1) is 0 Å². The van der Waals surface area contributed by atoms with Gasteiger partial charge in [0.25, 0.3) is 7.52 Å². The van der Waals surface area contributed by atoms with Gasteiger partial charge in [0.2, 0.25) is 0 Å². The summed E-state index contributed by atoms with van der Waals surface area (Å²) < 4.78 is 70.1. The smallest absolute Gasteiger partial charge is 0.267 e. The molecule has 1 atom stereocenters. The standard InChI is InChI=1S/C7H18NO2P/c1-3-5-7-11(9,10)8-6-4-2/h3-7H2,1-2H3,(H2,8,9,10)/i3D2,4D2,5D2,6D2. The fourth-order valence-corrected chi connectivity index (χ4v) is 1.11. The van der Waals surface area contributed by atoms with Crippen molar-refractivity contribution >= 4 is 7.52 Å². The third-order valence-electron chi connectivity index (χ3n) is 0.826. The summed E-state index contributed by atoms with van der Waals surface area (Å²) in [6.45, 7) is -1.08. The molecule has 0 radical (unpaired) electrons. The second-order valence-corrected chi connectivity index (χ2v) is 3.72. The van der Waals surface area contributed by atoms with Crippen molar-refractivity contribution in [2.45, 2.75) is 33.0 Å². The van der Waals surface area contributed by atoms with Gasteiger partial charge in [0, 0.05) is 23.6 Å². The van der Waals surface area contributed by atoms with Crippen LogP contribution in [0.25, 0.3) is 0 Å². The highest BCUT2D eigenvalue weighted by atomic mass is 31.2. The van der Waals surface area contributed by atoms with E-state index < -0.39 is 39.3 Å². The molecule has 0 aliphatic carbocycles. The summed E-state index contributed by atoms with van der Waals surface area (Å²) >= 11 is 0. The Kier molecular flexibility index (Phi) is 1.82. The maximum absolute atomic E-state index is 11.8. The molecule has 0 aromatic rings. The third kappa shape index (κ3) is 6.54. The van der Waals surface area contributed by atoms with E-state index in [9.17, 15) is 9.46 Å². The summed E-state index contributed by atoms with van der Waals surface area (Å²) in [4.78, 5) is 9.54.